The summed E-state index contributed by atoms with van der Waals surface area (Å²) in [4.78, 5) is 34.3. The summed E-state index contributed by atoms with van der Waals surface area (Å²) >= 11 is 0. The van der Waals surface area contributed by atoms with Crippen molar-refractivity contribution in [3.63, 3.8) is 0 Å². The van der Waals surface area contributed by atoms with Crippen molar-refractivity contribution in [2.45, 2.75) is 19.9 Å². The highest BCUT2D eigenvalue weighted by atomic mass is 19.1. The Morgan fingerprint density at radius 2 is 1.77 bits per heavy atom. The van der Waals surface area contributed by atoms with Crippen LogP contribution in [0.5, 0.6) is 0 Å². The minimum atomic E-state index is -1.18. The Labute approximate surface area is 125 Å². The molecule has 22 heavy (non-hydrogen) atoms. The van der Waals surface area contributed by atoms with Gasteiger partial charge in [-0.3, -0.25) is 9.59 Å². The molecule has 8 heteroatoms. The van der Waals surface area contributed by atoms with Crippen LogP contribution in [-0.4, -0.2) is 30.4 Å². The molecule has 2 amide bonds. The lowest BCUT2D eigenvalue weighted by atomic mass is 10.0. The van der Waals surface area contributed by atoms with Crippen LogP contribution in [0.25, 0.3) is 0 Å². The molecule has 0 aromatic heterocycles. The van der Waals surface area contributed by atoms with Gasteiger partial charge in [0.1, 0.15) is 23.2 Å². The number of nitrogens with one attached hydrogen (secondary N) is 1. The zero-order valence-electron chi connectivity index (χ0n) is 12.1. The summed E-state index contributed by atoms with van der Waals surface area (Å²) < 4.78 is 31.7. The predicted molar refractivity (Wildman–Crippen MR) is 72.6 cm³/mol. The van der Waals surface area contributed by atoms with E-state index in [9.17, 15) is 23.2 Å². The van der Waals surface area contributed by atoms with Crippen LogP contribution < -0.4 is 11.1 Å². The molecular weight excluding hydrogens is 298 g/mol. The number of esters is 1. The number of primary amides is 1. The van der Waals surface area contributed by atoms with Crippen LogP contribution in [0.4, 0.5) is 8.78 Å². The molecule has 6 nitrogen and oxygen atoms in total. The number of hydrogen-bond donors (Lipinski definition) is 2. The number of carbonyl (C=O) groups excluding carboxylic acids is 3. The molecule has 0 aliphatic heterocycles. The molecule has 0 spiro atoms. The second kappa shape index (κ2) is 7.48. The van der Waals surface area contributed by atoms with Gasteiger partial charge in [0.25, 0.3) is 11.8 Å². The van der Waals surface area contributed by atoms with Crippen molar-refractivity contribution in [2.24, 2.45) is 11.7 Å². The van der Waals surface area contributed by atoms with E-state index >= 15 is 0 Å². The first-order chi connectivity index (χ1) is 10.2. The van der Waals surface area contributed by atoms with Crippen molar-refractivity contribution in [1.29, 1.82) is 0 Å². The van der Waals surface area contributed by atoms with E-state index in [1.165, 1.54) is 0 Å². The second-order valence-corrected chi connectivity index (χ2v) is 4.87. The molecule has 1 atom stereocenters. The maximum absolute atomic E-state index is 13.5. The van der Waals surface area contributed by atoms with E-state index in [0.717, 1.165) is 18.2 Å². The normalized spacial score (nSPS) is 11.9. The van der Waals surface area contributed by atoms with E-state index in [4.69, 9.17) is 5.73 Å². The maximum Gasteiger partial charge on any atom is 0.329 e. The summed E-state index contributed by atoms with van der Waals surface area (Å²) in [6.45, 7) is 2.54. The first kappa shape index (κ1) is 17.5. The Hall–Kier alpha value is -2.51. The lowest BCUT2D eigenvalue weighted by molar-refractivity contribution is -0.150. The Kier molecular flexibility index (Phi) is 5.97. The van der Waals surface area contributed by atoms with E-state index in [2.05, 4.69) is 10.1 Å². The van der Waals surface area contributed by atoms with Gasteiger partial charge in [-0.05, 0) is 18.1 Å². The summed E-state index contributed by atoms with van der Waals surface area (Å²) in [7, 11) is 0. The smallest absolute Gasteiger partial charge is 0.329 e. The van der Waals surface area contributed by atoms with Crippen molar-refractivity contribution >= 4 is 17.8 Å². The van der Waals surface area contributed by atoms with Gasteiger partial charge in [-0.2, -0.15) is 0 Å². The molecule has 0 aliphatic carbocycles. The highest BCUT2D eigenvalue weighted by Gasteiger charge is 2.28. The molecule has 120 valence electrons. The zero-order valence-corrected chi connectivity index (χ0v) is 12.1. The highest BCUT2D eigenvalue weighted by molar-refractivity contribution is 5.97. The molecule has 3 N–H and O–H groups in total. The fourth-order valence-corrected chi connectivity index (χ4v) is 1.66. The van der Waals surface area contributed by atoms with Crippen LogP contribution in [0.15, 0.2) is 18.2 Å². The van der Waals surface area contributed by atoms with Crippen LogP contribution in [0.2, 0.25) is 0 Å². The van der Waals surface area contributed by atoms with Crippen LogP contribution in [0.3, 0.4) is 0 Å². The molecule has 0 aliphatic rings. The van der Waals surface area contributed by atoms with Gasteiger partial charge in [0, 0.05) is 0 Å². The summed E-state index contributed by atoms with van der Waals surface area (Å²) in [5, 5.41) is 2.19. The van der Waals surface area contributed by atoms with E-state index < -0.39 is 53.5 Å². The lowest BCUT2D eigenvalue weighted by Gasteiger charge is -2.20. The number of halogens is 2. The second-order valence-electron chi connectivity index (χ2n) is 4.87. The van der Waals surface area contributed by atoms with Gasteiger partial charge in [0.2, 0.25) is 0 Å². The van der Waals surface area contributed by atoms with Gasteiger partial charge in [-0.25, -0.2) is 13.6 Å². The third-order valence-corrected chi connectivity index (χ3v) is 2.75. The summed E-state index contributed by atoms with van der Waals surface area (Å²) in [6.07, 6.45) is 0. The molecule has 0 bridgehead atoms. The Morgan fingerprint density at radius 3 is 2.23 bits per heavy atom. The minimum Gasteiger partial charge on any atom is -0.454 e. The molecule has 0 radical (unpaired) electrons. The van der Waals surface area contributed by atoms with Gasteiger partial charge >= 0.3 is 5.97 Å². The molecule has 1 aromatic rings. The standard InChI is InChI=1S/C14H16F2N2O4/c1-7(2)12(14(21)22-6-10(17)19)18-13(20)11-8(15)4-3-5-9(11)16/h3-5,7,12H,6H2,1-2H3,(H2,17,19)(H,18,20). The molecule has 1 aromatic carbocycles. The fraction of sp³-hybridized carbons (Fsp3) is 0.357. The quantitative estimate of drug-likeness (QED) is 0.757. The largest absolute Gasteiger partial charge is 0.454 e. The van der Waals surface area contributed by atoms with Gasteiger partial charge in [-0.15, -0.1) is 0 Å². The molecule has 0 saturated carbocycles. The molecule has 1 rings (SSSR count). The fourth-order valence-electron chi connectivity index (χ4n) is 1.66. The van der Waals surface area contributed by atoms with Crippen molar-refractivity contribution in [3.05, 3.63) is 35.4 Å². The summed E-state index contributed by atoms with van der Waals surface area (Å²) in [5.41, 5.74) is 4.05. The average molecular weight is 314 g/mol. The van der Waals surface area contributed by atoms with Crippen LogP contribution in [0, 0.1) is 17.6 Å². The minimum absolute atomic E-state index is 0.431. The highest BCUT2D eigenvalue weighted by Crippen LogP contribution is 2.13. The Bertz CT molecular complexity index is 570. The van der Waals surface area contributed by atoms with E-state index in [1.807, 2.05) is 0 Å². The Balaban J connectivity index is 2.89. The number of hydrogen-bond acceptors (Lipinski definition) is 4. The first-order valence-corrected chi connectivity index (χ1v) is 6.43. The molecule has 0 fully saturated rings. The third-order valence-electron chi connectivity index (χ3n) is 2.75. The molecule has 0 saturated heterocycles. The molecule has 1 unspecified atom stereocenters. The number of carbonyl (C=O) groups is 3. The number of nitrogens with two attached hydrogens (primary N) is 1. The first-order valence-electron chi connectivity index (χ1n) is 6.43. The van der Waals surface area contributed by atoms with Crippen LogP contribution >= 0.6 is 0 Å². The SMILES string of the molecule is CC(C)C(NC(=O)c1c(F)cccc1F)C(=O)OCC(N)=O. The average Bonchev–Trinajstić information content (AvgIpc) is 2.41. The number of ether oxygens (including phenoxy) is 1. The van der Waals surface area contributed by atoms with Crippen molar-refractivity contribution in [1.82, 2.24) is 5.32 Å². The zero-order chi connectivity index (χ0) is 16.9. The van der Waals surface area contributed by atoms with Gasteiger partial charge in [-0.1, -0.05) is 19.9 Å². The number of amides is 2. The van der Waals surface area contributed by atoms with E-state index in [-0.39, 0.29) is 0 Å². The molecule has 0 heterocycles. The number of benzene rings is 1. The number of rotatable bonds is 6. The predicted octanol–water partition coefficient (Wildman–Crippen LogP) is 0.748. The summed E-state index contributed by atoms with van der Waals surface area (Å²) in [5.74, 6) is -5.40. The lowest BCUT2D eigenvalue weighted by Crippen LogP contribution is -2.46. The van der Waals surface area contributed by atoms with E-state index in [0.29, 0.717) is 0 Å². The van der Waals surface area contributed by atoms with Gasteiger partial charge in [0.05, 0.1) is 0 Å². The van der Waals surface area contributed by atoms with Crippen molar-refractivity contribution in [3.8, 4) is 0 Å². The molecular formula is C14H16F2N2O4. The summed E-state index contributed by atoms with van der Waals surface area (Å²) in [6, 6.07) is 1.79. The topological polar surface area (TPSA) is 98.5 Å². The van der Waals surface area contributed by atoms with Crippen LogP contribution in [-0.2, 0) is 14.3 Å². The van der Waals surface area contributed by atoms with E-state index in [1.54, 1.807) is 13.8 Å². The monoisotopic (exact) mass is 314 g/mol. The van der Waals surface area contributed by atoms with Crippen molar-refractivity contribution in [2.75, 3.05) is 6.61 Å². The van der Waals surface area contributed by atoms with Crippen LogP contribution in [0.1, 0.15) is 24.2 Å². The van der Waals surface area contributed by atoms with Gasteiger partial charge < -0.3 is 15.8 Å². The third kappa shape index (κ3) is 4.51. The maximum atomic E-state index is 13.5. The Morgan fingerprint density at radius 1 is 1.23 bits per heavy atom. The van der Waals surface area contributed by atoms with Crippen molar-refractivity contribution < 1.29 is 27.9 Å². The van der Waals surface area contributed by atoms with Gasteiger partial charge in [0.15, 0.2) is 6.61 Å².